The van der Waals surface area contributed by atoms with Crippen LogP contribution in [0.3, 0.4) is 0 Å². The summed E-state index contributed by atoms with van der Waals surface area (Å²) in [5.74, 6) is -0.468. The van der Waals surface area contributed by atoms with E-state index in [4.69, 9.17) is 0 Å². The first-order valence-corrected chi connectivity index (χ1v) is 11.7. The Labute approximate surface area is 198 Å². The number of aliphatic hydroxyl groups is 3. The van der Waals surface area contributed by atoms with E-state index >= 15 is 0 Å². The molecular weight excluding hydrogens is 444 g/mol. The first-order valence-electron chi connectivity index (χ1n) is 10.9. The zero-order valence-corrected chi connectivity index (χ0v) is 20.5. The number of aliphatic hydroxyl groups excluding tert-OH is 3. The van der Waals surface area contributed by atoms with Gasteiger partial charge in [0.25, 0.3) is 0 Å². The second kappa shape index (κ2) is 11.1. The lowest BCUT2D eigenvalue weighted by Gasteiger charge is -2.26. The van der Waals surface area contributed by atoms with Crippen LogP contribution in [0.15, 0.2) is 41.8 Å². The smallest absolute Gasteiger partial charge is 0.249 e. The fourth-order valence-electron chi connectivity index (χ4n) is 3.33. The number of thioether (sulfide) groups is 1. The third-order valence-electron chi connectivity index (χ3n) is 5.62. The fraction of sp³-hybridized carbons (Fsp3) is 0.565. The topological polar surface area (TPSA) is 138 Å². The maximum absolute atomic E-state index is 12.4. The lowest BCUT2D eigenvalue weighted by atomic mass is 9.87. The van der Waals surface area contributed by atoms with Gasteiger partial charge in [0.15, 0.2) is 0 Å². The van der Waals surface area contributed by atoms with Crippen molar-refractivity contribution in [3.05, 3.63) is 47.5 Å². The highest BCUT2D eigenvalue weighted by atomic mass is 32.2. The molecule has 0 spiro atoms. The van der Waals surface area contributed by atoms with Crippen molar-refractivity contribution in [1.29, 1.82) is 0 Å². The highest BCUT2D eigenvalue weighted by molar-refractivity contribution is 8.16. The number of nitrogens with one attached hydrogen (secondary N) is 1. The maximum atomic E-state index is 12.4. The molecule has 0 saturated heterocycles. The van der Waals surface area contributed by atoms with E-state index in [-0.39, 0.29) is 24.0 Å². The summed E-state index contributed by atoms with van der Waals surface area (Å²) in [6.07, 6.45) is 5.81. The molecule has 0 saturated carbocycles. The third kappa shape index (κ3) is 6.78. The lowest BCUT2D eigenvalue weighted by Crippen LogP contribution is -2.45. The Morgan fingerprint density at radius 2 is 2.12 bits per heavy atom. The number of hydrogen-bond donors (Lipinski definition) is 4. The molecule has 0 fully saturated rings. The summed E-state index contributed by atoms with van der Waals surface area (Å²) >= 11 is 1.12. The molecule has 0 bridgehead atoms. The zero-order valence-electron chi connectivity index (χ0n) is 19.7. The quantitative estimate of drug-likeness (QED) is 0.265. The molecule has 1 aromatic rings. The van der Waals surface area contributed by atoms with Crippen molar-refractivity contribution < 1.29 is 24.9 Å². The molecule has 182 valence electrons. The minimum Gasteiger partial charge on any atom is -0.510 e. The Bertz CT molecular complexity index is 952. The first-order chi connectivity index (χ1) is 15.4. The lowest BCUT2D eigenvalue weighted by molar-refractivity contribution is -0.137. The van der Waals surface area contributed by atoms with Gasteiger partial charge in [-0.15, -0.1) is 5.10 Å². The first kappa shape index (κ1) is 26.8. The zero-order chi connectivity index (χ0) is 24.8. The van der Waals surface area contributed by atoms with Crippen LogP contribution in [-0.2, 0) is 22.7 Å². The van der Waals surface area contributed by atoms with E-state index < -0.39 is 22.2 Å². The molecule has 1 amide bonds. The molecule has 1 aliphatic rings. The van der Waals surface area contributed by atoms with Gasteiger partial charge >= 0.3 is 0 Å². The molecule has 2 atom stereocenters. The second-order valence-corrected chi connectivity index (χ2v) is 10.5. The number of rotatable bonds is 12. The molecule has 2 heterocycles. The average molecular weight is 479 g/mol. The van der Waals surface area contributed by atoms with Crippen LogP contribution < -0.4 is 5.32 Å². The largest absolute Gasteiger partial charge is 0.510 e. The third-order valence-corrected chi connectivity index (χ3v) is 6.79. The molecule has 0 aromatic carbocycles. The van der Waals surface area contributed by atoms with Gasteiger partial charge in [-0.25, -0.2) is 0 Å². The van der Waals surface area contributed by atoms with E-state index in [9.17, 15) is 24.9 Å². The molecule has 33 heavy (non-hydrogen) atoms. The number of nitrogens with zero attached hydrogens (tertiary/aromatic N) is 3. The molecular formula is C23H34N4O5S. The standard InChI is InChI=1S/C23H34N4O5S/c1-6-15(2)11-23(5)18(29)17(21(32)33-23)9-7-8-10-27-13-16(25-26-27)12-24-20(31)19(30)22(3,4)14-28/h6,11,13,19,28-30H,1,7-10,12,14H2,2-5H3,(H,24,31)/b15-11+/t19-,23+/m0/s1. The normalized spacial score (nSPS) is 20.3. The summed E-state index contributed by atoms with van der Waals surface area (Å²) in [4.78, 5) is 24.4. The maximum Gasteiger partial charge on any atom is 0.249 e. The van der Waals surface area contributed by atoms with Crippen LogP contribution in [0.5, 0.6) is 0 Å². The Kier molecular flexibility index (Phi) is 9.04. The Morgan fingerprint density at radius 1 is 1.42 bits per heavy atom. The molecule has 0 unspecified atom stereocenters. The predicted molar refractivity (Wildman–Crippen MR) is 127 cm³/mol. The van der Waals surface area contributed by atoms with E-state index in [1.54, 1.807) is 30.8 Å². The monoisotopic (exact) mass is 478 g/mol. The Morgan fingerprint density at radius 3 is 2.76 bits per heavy atom. The van der Waals surface area contributed by atoms with Crippen molar-refractivity contribution >= 4 is 22.8 Å². The van der Waals surface area contributed by atoms with Crippen molar-refractivity contribution in [3.8, 4) is 0 Å². The van der Waals surface area contributed by atoms with Gasteiger partial charge in [0.05, 0.1) is 24.1 Å². The van der Waals surface area contributed by atoms with E-state index in [0.29, 0.717) is 30.7 Å². The van der Waals surface area contributed by atoms with Crippen LogP contribution in [0.1, 0.15) is 52.7 Å². The van der Waals surface area contributed by atoms with Gasteiger partial charge < -0.3 is 20.6 Å². The van der Waals surface area contributed by atoms with E-state index in [2.05, 4.69) is 22.2 Å². The summed E-state index contributed by atoms with van der Waals surface area (Å²) < 4.78 is 0.894. The van der Waals surface area contributed by atoms with Gasteiger partial charge in [-0.05, 0) is 33.1 Å². The van der Waals surface area contributed by atoms with Crippen molar-refractivity contribution in [2.24, 2.45) is 5.41 Å². The summed E-state index contributed by atoms with van der Waals surface area (Å²) in [5, 5.41) is 40.4. The number of unbranched alkanes of at least 4 members (excludes halogenated alkanes) is 1. The summed E-state index contributed by atoms with van der Waals surface area (Å²) in [5.41, 5.74) is 0.959. The number of carbonyl (C=O) groups is 2. The van der Waals surface area contributed by atoms with Crippen LogP contribution in [0.2, 0.25) is 0 Å². The number of hydrogen-bond acceptors (Lipinski definition) is 8. The van der Waals surface area contributed by atoms with Gasteiger partial charge in [-0.3, -0.25) is 14.3 Å². The predicted octanol–water partition coefficient (Wildman–Crippen LogP) is 2.42. The molecule has 1 aliphatic heterocycles. The number of allylic oxidation sites excluding steroid dienone is 2. The number of carbonyl (C=O) groups excluding carboxylic acids is 2. The van der Waals surface area contributed by atoms with Crippen LogP contribution in [0.4, 0.5) is 0 Å². The van der Waals surface area contributed by atoms with Crippen molar-refractivity contribution in [3.63, 3.8) is 0 Å². The molecule has 10 heteroatoms. The summed E-state index contributed by atoms with van der Waals surface area (Å²) in [7, 11) is 0. The number of amides is 1. The molecule has 9 nitrogen and oxygen atoms in total. The molecule has 0 radical (unpaired) electrons. The van der Waals surface area contributed by atoms with Crippen LogP contribution in [0.25, 0.3) is 0 Å². The van der Waals surface area contributed by atoms with Gasteiger partial charge in [-0.2, -0.15) is 0 Å². The highest BCUT2D eigenvalue weighted by Crippen LogP contribution is 2.45. The minimum absolute atomic E-state index is 0.103. The minimum atomic E-state index is -1.34. The van der Waals surface area contributed by atoms with Crippen LogP contribution in [0, 0.1) is 5.41 Å². The van der Waals surface area contributed by atoms with Gasteiger partial charge in [0.1, 0.15) is 17.6 Å². The molecule has 0 aliphatic carbocycles. The second-order valence-electron chi connectivity index (χ2n) is 9.11. The summed E-state index contributed by atoms with van der Waals surface area (Å²) in [6.45, 7) is 11.0. The van der Waals surface area contributed by atoms with Crippen molar-refractivity contribution in [2.45, 2.75) is 70.9 Å². The average Bonchev–Trinajstić information content (AvgIpc) is 3.31. The SMILES string of the molecule is C=C/C(C)=C/[C@@]1(C)SC(=O)C(CCCCn2cc(CNC(=O)[C@H](O)C(C)(C)CO)nn2)=C1O. The van der Waals surface area contributed by atoms with Crippen LogP contribution >= 0.6 is 11.8 Å². The molecule has 1 aromatic heterocycles. The van der Waals surface area contributed by atoms with Gasteiger partial charge in [0.2, 0.25) is 11.0 Å². The molecule has 4 N–H and O–H groups in total. The highest BCUT2D eigenvalue weighted by Gasteiger charge is 2.41. The van der Waals surface area contributed by atoms with Gasteiger partial charge in [-0.1, -0.05) is 55.1 Å². The van der Waals surface area contributed by atoms with Gasteiger partial charge in [0, 0.05) is 17.5 Å². The fourth-order valence-corrected chi connectivity index (χ4v) is 4.50. The van der Waals surface area contributed by atoms with E-state index in [1.165, 1.54) is 0 Å². The number of aromatic nitrogens is 3. The number of aryl methyl sites for hydroxylation is 1. The van der Waals surface area contributed by atoms with E-state index in [1.807, 2.05) is 19.9 Å². The van der Waals surface area contributed by atoms with Crippen LogP contribution in [-0.4, -0.2) is 58.8 Å². The Hall–Kier alpha value is -2.43. The molecule has 2 rings (SSSR count). The van der Waals surface area contributed by atoms with Crippen molar-refractivity contribution in [2.75, 3.05) is 6.61 Å². The van der Waals surface area contributed by atoms with E-state index in [0.717, 1.165) is 23.8 Å². The summed E-state index contributed by atoms with van der Waals surface area (Å²) in [6, 6.07) is 0. The Balaban J connectivity index is 1.83. The van der Waals surface area contributed by atoms with Crippen molar-refractivity contribution in [1.82, 2.24) is 20.3 Å².